The Hall–Kier alpha value is -1.24. The molecule has 112 valence electrons. The average Bonchev–Trinajstić information content (AvgIpc) is 2.39. The molecule has 0 saturated heterocycles. The number of anilines is 1. The topological polar surface area (TPSA) is 78.8 Å². The number of carboxylic acid groups (broad SMARTS) is 1. The number of thioether (sulfide) groups is 1. The zero-order valence-corrected chi connectivity index (χ0v) is 12.6. The number of ether oxygens (including phenoxy) is 1. The van der Waals surface area contributed by atoms with Gasteiger partial charge in [0.2, 0.25) is 0 Å². The van der Waals surface area contributed by atoms with Crippen LogP contribution in [0.3, 0.4) is 0 Å². The Kier molecular flexibility index (Phi) is 7.43. The number of carbonyl (C=O) groups is 1. The van der Waals surface area contributed by atoms with Gasteiger partial charge in [-0.2, -0.15) is 0 Å². The fourth-order valence-electron chi connectivity index (χ4n) is 1.92. The number of rotatable bonds is 9. The summed E-state index contributed by atoms with van der Waals surface area (Å²) in [5, 5.41) is 21.6. The number of aromatic carboxylic acids is 1. The maximum Gasteiger partial charge on any atom is 0.338 e. The van der Waals surface area contributed by atoms with E-state index in [4.69, 9.17) is 9.84 Å². The summed E-state index contributed by atoms with van der Waals surface area (Å²) in [6.45, 7) is 2.41. The molecule has 0 amide bonds. The first kappa shape index (κ1) is 16.8. The Morgan fingerprint density at radius 3 is 2.80 bits per heavy atom. The van der Waals surface area contributed by atoms with E-state index in [0.717, 1.165) is 10.6 Å². The van der Waals surface area contributed by atoms with Crippen LogP contribution in [0, 0.1) is 0 Å². The molecule has 1 aromatic carbocycles. The Bertz CT molecular complexity index is 433. The fraction of sp³-hybridized carbons (Fsp3) is 0.500. The van der Waals surface area contributed by atoms with E-state index < -0.39 is 5.97 Å². The van der Waals surface area contributed by atoms with Crippen LogP contribution in [-0.4, -0.2) is 48.3 Å². The molecule has 20 heavy (non-hydrogen) atoms. The molecule has 5 nitrogen and oxygen atoms in total. The normalized spacial score (nSPS) is 12.2. The number of aliphatic hydroxyl groups excluding tert-OH is 1. The highest BCUT2D eigenvalue weighted by atomic mass is 32.2. The molecule has 0 saturated carbocycles. The van der Waals surface area contributed by atoms with E-state index in [1.807, 2.05) is 13.0 Å². The second kappa shape index (κ2) is 8.84. The molecule has 1 rings (SSSR count). The Morgan fingerprint density at radius 1 is 1.50 bits per heavy atom. The number of hydrogen-bond acceptors (Lipinski definition) is 5. The van der Waals surface area contributed by atoms with E-state index in [2.05, 4.69) is 5.32 Å². The first-order valence-electron chi connectivity index (χ1n) is 6.49. The van der Waals surface area contributed by atoms with Crippen LogP contribution in [-0.2, 0) is 4.74 Å². The van der Waals surface area contributed by atoms with Crippen LogP contribution < -0.4 is 5.32 Å². The molecule has 0 aliphatic heterocycles. The molecule has 3 N–H and O–H groups in total. The highest BCUT2D eigenvalue weighted by Crippen LogP contribution is 2.29. The van der Waals surface area contributed by atoms with Crippen molar-refractivity contribution in [2.75, 3.05) is 31.4 Å². The molecule has 1 unspecified atom stereocenters. The molecular weight excluding hydrogens is 278 g/mol. The number of carboxylic acids is 1. The standard InChI is InChI=1S/C14H21NO4S/c1-3-20-12-6-4-5-11(13(12)14(17)18)15-10(7-8-16)9-19-2/h4-6,10,15-16H,3,7-9H2,1-2H3,(H,17,18). The van der Waals surface area contributed by atoms with Crippen molar-refractivity contribution in [1.82, 2.24) is 0 Å². The lowest BCUT2D eigenvalue weighted by Gasteiger charge is -2.20. The van der Waals surface area contributed by atoms with Crippen molar-refractivity contribution >= 4 is 23.4 Å². The highest BCUT2D eigenvalue weighted by molar-refractivity contribution is 7.99. The minimum absolute atomic E-state index is 0.0207. The Labute approximate surface area is 123 Å². The van der Waals surface area contributed by atoms with Gasteiger partial charge in [0.25, 0.3) is 0 Å². The zero-order chi connectivity index (χ0) is 15.0. The van der Waals surface area contributed by atoms with E-state index in [1.54, 1.807) is 19.2 Å². The molecule has 0 fully saturated rings. The molecule has 0 bridgehead atoms. The molecule has 1 aromatic rings. The van der Waals surface area contributed by atoms with Crippen molar-refractivity contribution in [1.29, 1.82) is 0 Å². The maximum absolute atomic E-state index is 11.5. The SMILES string of the molecule is CCSc1cccc(NC(CCO)COC)c1C(=O)O. The number of hydrogen-bond donors (Lipinski definition) is 3. The third-order valence-electron chi connectivity index (χ3n) is 2.74. The van der Waals surface area contributed by atoms with Crippen molar-refractivity contribution in [2.45, 2.75) is 24.3 Å². The quantitative estimate of drug-likeness (QED) is 0.607. The van der Waals surface area contributed by atoms with Gasteiger partial charge in [0, 0.05) is 18.6 Å². The minimum Gasteiger partial charge on any atom is -0.478 e. The smallest absolute Gasteiger partial charge is 0.338 e. The molecule has 1 atom stereocenters. The lowest BCUT2D eigenvalue weighted by atomic mass is 10.1. The van der Waals surface area contributed by atoms with E-state index in [9.17, 15) is 9.90 Å². The molecule has 0 radical (unpaired) electrons. The minimum atomic E-state index is -0.954. The Morgan fingerprint density at radius 2 is 2.25 bits per heavy atom. The maximum atomic E-state index is 11.5. The summed E-state index contributed by atoms with van der Waals surface area (Å²) in [7, 11) is 1.58. The third kappa shape index (κ3) is 4.70. The molecule has 6 heteroatoms. The molecule has 0 aliphatic rings. The third-order valence-corrected chi connectivity index (χ3v) is 3.68. The van der Waals surface area contributed by atoms with E-state index in [-0.39, 0.29) is 18.2 Å². The summed E-state index contributed by atoms with van der Waals surface area (Å²) in [5.41, 5.74) is 0.838. The van der Waals surface area contributed by atoms with Crippen LogP contribution >= 0.6 is 11.8 Å². The van der Waals surface area contributed by atoms with Gasteiger partial charge in [-0.15, -0.1) is 11.8 Å². The predicted octanol–water partition coefficient (Wildman–Crippen LogP) is 2.31. The van der Waals surface area contributed by atoms with Gasteiger partial charge in [-0.1, -0.05) is 13.0 Å². The van der Waals surface area contributed by atoms with Crippen LogP contribution in [0.15, 0.2) is 23.1 Å². The summed E-state index contributed by atoms with van der Waals surface area (Å²) in [6.07, 6.45) is 0.498. The summed E-state index contributed by atoms with van der Waals surface area (Å²) in [4.78, 5) is 12.2. The number of benzene rings is 1. The van der Waals surface area contributed by atoms with Gasteiger partial charge >= 0.3 is 5.97 Å². The zero-order valence-electron chi connectivity index (χ0n) is 11.8. The lowest BCUT2D eigenvalue weighted by molar-refractivity contribution is 0.0694. The Balaban J connectivity index is 3.03. The molecule has 0 heterocycles. The van der Waals surface area contributed by atoms with Gasteiger partial charge in [-0.25, -0.2) is 4.79 Å². The van der Waals surface area contributed by atoms with Crippen LogP contribution in [0.2, 0.25) is 0 Å². The van der Waals surface area contributed by atoms with E-state index in [0.29, 0.717) is 18.7 Å². The summed E-state index contributed by atoms with van der Waals surface area (Å²) in [5.74, 6) is -0.147. The van der Waals surface area contributed by atoms with Crippen molar-refractivity contribution in [2.24, 2.45) is 0 Å². The van der Waals surface area contributed by atoms with Crippen LogP contribution in [0.1, 0.15) is 23.7 Å². The summed E-state index contributed by atoms with van der Waals surface area (Å²) >= 11 is 1.50. The number of methoxy groups -OCH3 is 1. The van der Waals surface area contributed by atoms with Gasteiger partial charge < -0.3 is 20.3 Å². The van der Waals surface area contributed by atoms with Gasteiger partial charge in [-0.05, 0) is 24.3 Å². The molecule has 0 aromatic heterocycles. The second-order valence-corrected chi connectivity index (χ2v) is 5.53. The highest BCUT2D eigenvalue weighted by Gasteiger charge is 2.18. The summed E-state index contributed by atoms with van der Waals surface area (Å²) < 4.78 is 5.08. The van der Waals surface area contributed by atoms with Crippen molar-refractivity contribution in [3.63, 3.8) is 0 Å². The van der Waals surface area contributed by atoms with Crippen molar-refractivity contribution < 1.29 is 19.7 Å². The van der Waals surface area contributed by atoms with Crippen molar-refractivity contribution in [3.05, 3.63) is 23.8 Å². The largest absolute Gasteiger partial charge is 0.478 e. The van der Waals surface area contributed by atoms with Crippen LogP contribution in [0.4, 0.5) is 5.69 Å². The molecule has 0 spiro atoms. The number of nitrogens with one attached hydrogen (secondary N) is 1. The van der Waals surface area contributed by atoms with Crippen molar-refractivity contribution in [3.8, 4) is 0 Å². The fourth-order valence-corrected chi connectivity index (χ4v) is 2.75. The predicted molar refractivity (Wildman–Crippen MR) is 80.8 cm³/mol. The van der Waals surface area contributed by atoms with Crippen LogP contribution in [0.5, 0.6) is 0 Å². The van der Waals surface area contributed by atoms with Gasteiger partial charge in [0.1, 0.15) is 0 Å². The lowest BCUT2D eigenvalue weighted by Crippen LogP contribution is -2.27. The van der Waals surface area contributed by atoms with E-state index in [1.165, 1.54) is 11.8 Å². The average molecular weight is 299 g/mol. The van der Waals surface area contributed by atoms with Gasteiger partial charge in [-0.3, -0.25) is 0 Å². The van der Waals surface area contributed by atoms with Gasteiger partial charge in [0.05, 0.1) is 23.9 Å². The first-order valence-corrected chi connectivity index (χ1v) is 7.48. The summed E-state index contributed by atoms with van der Waals surface area (Å²) in [6, 6.07) is 5.25. The molecular formula is C14H21NO4S. The first-order chi connectivity index (χ1) is 9.63. The monoisotopic (exact) mass is 299 g/mol. The second-order valence-electron chi connectivity index (χ2n) is 4.23. The molecule has 0 aliphatic carbocycles. The van der Waals surface area contributed by atoms with Crippen LogP contribution in [0.25, 0.3) is 0 Å². The van der Waals surface area contributed by atoms with Gasteiger partial charge in [0.15, 0.2) is 0 Å². The number of aliphatic hydroxyl groups is 1. The van der Waals surface area contributed by atoms with E-state index >= 15 is 0 Å².